The molecular weight excluding hydrogens is 523 g/mol. The molecule has 1 amide bonds. The normalized spacial score (nSPS) is 18.2. The summed E-state index contributed by atoms with van der Waals surface area (Å²) >= 11 is 6.01. The van der Waals surface area contributed by atoms with Gasteiger partial charge in [0, 0.05) is 25.2 Å². The summed E-state index contributed by atoms with van der Waals surface area (Å²) in [6.45, 7) is -0.507. The van der Waals surface area contributed by atoms with Gasteiger partial charge in [0.2, 0.25) is 5.17 Å². The maximum atomic E-state index is 12.9. The van der Waals surface area contributed by atoms with Crippen molar-refractivity contribution in [2.75, 3.05) is 20.2 Å². The number of carbonyl (C=O) groups excluding carboxylic acids is 1. The first-order valence-corrected chi connectivity index (χ1v) is 11.9. The van der Waals surface area contributed by atoms with Gasteiger partial charge in [0.05, 0.1) is 47.2 Å². The van der Waals surface area contributed by atoms with Crippen LogP contribution >= 0.6 is 11.6 Å². The van der Waals surface area contributed by atoms with Gasteiger partial charge in [-0.05, 0) is 29.8 Å². The van der Waals surface area contributed by atoms with Crippen LogP contribution in [0.1, 0.15) is 16.8 Å². The summed E-state index contributed by atoms with van der Waals surface area (Å²) in [5.41, 5.74) is 0.469. The van der Waals surface area contributed by atoms with E-state index in [1.54, 1.807) is 18.2 Å². The molecular formula is C22H19ClF3N5O4S. The quantitative estimate of drug-likeness (QED) is 0.460. The number of carbonyl (C=O) groups is 1. The second-order valence-electron chi connectivity index (χ2n) is 7.96. The van der Waals surface area contributed by atoms with Crippen molar-refractivity contribution in [3.05, 3.63) is 63.4 Å². The molecule has 0 bridgehead atoms. The highest BCUT2D eigenvalue weighted by Gasteiger charge is 2.33. The smallest absolute Gasteiger partial charge is 0.394 e. The summed E-state index contributed by atoms with van der Waals surface area (Å²) in [4.78, 5) is 21.3. The van der Waals surface area contributed by atoms with Crippen LogP contribution in [0.5, 0.6) is 0 Å². The van der Waals surface area contributed by atoms with E-state index in [9.17, 15) is 27.3 Å². The van der Waals surface area contributed by atoms with Gasteiger partial charge in [0.1, 0.15) is 15.7 Å². The van der Waals surface area contributed by atoms with Crippen molar-refractivity contribution in [2.45, 2.75) is 18.8 Å². The SMILES string of the molecule is CN(CC(O)CO)C1=NC(=O)C(=Cc2ccc3c(cnn3Cc3ncc(C(F)(F)F)cc3Cl)c2)S1=O. The Balaban J connectivity index is 1.55. The van der Waals surface area contributed by atoms with Gasteiger partial charge < -0.3 is 15.1 Å². The first-order valence-electron chi connectivity index (χ1n) is 10.4. The number of hydrogen-bond acceptors (Lipinski definition) is 7. The molecule has 2 aromatic heterocycles. The lowest BCUT2D eigenvalue weighted by molar-refractivity contribution is -0.137. The third kappa shape index (κ3) is 5.33. The molecule has 2 atom stereocenters. The molecule has 1 aliphatic heterocycles. The fraction of sp³-hybridized carbons (Fsp3) is 0.273. The number of rotatable bonds is 6. The van der Waals surface area contributed by atoms with Gasteiger partial charge in [-0.1, -0.05) is 17.7 Å². The van der Waals surface area contributed by atoms with Crippen molar-refractivity contribution in [3.8, 4) is 0 Å². The summed E-state index contributed by atoms with van der Waals surface area (Å²) in [5, 5.41) is 23.3. The number of nitrogens with zero attached hydrogens (tertiary/aromatic N) is 5. The lowest BCUT2D eigenvalue weighted by Crippen LogP contribution is -2.36. The Bertz CT molecular complexity index is 1420. The number of fused-ring (bicyclic) bond motifs is 1. The third-order valence-corrected chi connectivity index (χ3v) is 7.06. The Labute approximate surface area is 210 Å². The summed E-state index contributed by atoms with van der Waals surface area (Å²) in [6, 6.07) is 5.88. The Morgan fingerprint density at radius 3 is 2.69 bits per heavy atom. The molecule has 3 heterocycles. The van der Waals surface area contributed by atoms with E-state index in [-0.39, 0.29) is 33.9 Å². The van der Waals surface area contributed by atoms with Crippen LogP contribution in [0.15, 0.2) is 46.6 Å². The number of halogens is 4. The van der Waals surface area contributed by atoms with Crippen LogP contribution in [0.3, 0.4) is 0 Å². The van der Waals surface area contributed by atoms with Crippen molar-refractivity contribution in [1.29, 1.82) is 0 Å². The predicted molar refractivity (Wildman–Crippen MR) is 127 cm³/mol. The van der Waals surface area contributed by atoms with Crippen molar-refractivity contribution < 1.29 is 32.4 Å². The molecule has 0 saturated heterocycles. The van der Waals surface area contributed by atoms with Crippen LogP contribution in [0, 0.1) is 0 Å². The second-order valence-corrected chi connectivity index (χ2v) is 9.71. The zero-order valence-corrected chi connectivity index (χ0v) is 20.2. The number of aliphatic hydroxyl groups excluding tert-OH is 2. The highest BCUT2D eigenvalue weighted by atomic mass is 35.5. The van der Waals surface area contributed by atoms with E-state index in [0.29, 0.717) is 22.7 Å². The molecule has 2 unspecified atom stereocenters. The van der Waals surface area contributed by atoms with Gasteiger partial charge in [-0.2, -0.15) is 23.3 Å². The molecule has 0 radical (unpaired) electrons. The Kier molecular flexibility index (Phi) is 7.27. The molecule has 9 nitrogen and oxygen atoms in total. The minimum atomic E-state index is -4.55. The van der Waals surface area contributed by atoms with E-state index in [1.165, 1.54) is 28.9 Å². The largest absolute Gasteiger partial charge is 0.417 e. The fourth-order valence-electron chi connectivity index (χ4n) is 3.51. The molecule has 14 heteroatoms. The molecule has 0 aliphatic carbocycles. The van der Waals surface area contributed by atoms with Gasteiger partial charge in [-0.3, -0.25) is 14.5 Å². The van der Waals surface area contributed by atoms with Crippen LogP contribution < -0.4 is 0 Å². The van der Waals surface area contributed by atoms with E-state index >= 15 is 0 Å². The molecule has 4 rings (SSSR count). The maximum absolute atomic E-state index is 12.9. The topological polar surface area (TPSA) is 121 Å². The molecule has 0 spiro atoms. The lowest BCUT2D eigenvalue weighted by atomic mass is 10.1. The number of alkyl halides is 3. The highest BCUT2D eigenvalue weighted by Crippen LogP contribution is 2.31. The number of aliphatic imine (C=N–C) groups is 1. The van der Waals surface area contributed by atoms with Crippen molar-refractivity contribution in [3.63, 3.8) is 0 Å². The Morgan fingerprint density at radius 1 is 1.28 bits per heavy atom. The van der Waals surface area contributed by atoms with Gasteiger partial charge in [0.15, 0.2) is 0 Å². The average molecular weight is 542 g/mol. The van der Waals surface area contributed by atoms with E-state index in [4.69, 9.17) is 16.7 Å². The van der Waals surface area contributed by atoms with Crippen molar-refractivity contribution in [1.82, 2.24) is 19.7 Å². The molecule has 0 fully saturated rings. The summed E-state index contributed by atoms with van der Waals surface area (Å²) in [6.07, 6.45) is -1.94. The Hall–Kier alpha value is -3.13. The van der Waals surface area contributed by atoms with Crippen LogP contribution in [0.2, 0.25) is 5.02 Å². The van der Waals surface area contributed by atoms with Crippen LogP contribution in [0.4, 0.5) is 13.2 Å². The number of amidine groups is 1. The first-order chi connectivity index (χ1) is 17.0. The molecule has 36 heavy (non-hydrogen) atoms. The number of likely N-dealkylation sites (N-methyl/N-ethyl adjacent to an activating group) is 1. The van der Waals surface area contributed by atoms with Crippen LogP contribution in [-0.2, 0) is 28.3 Å². The fourth-order valence-corrected chi connectivity index (χ4v) is 4.90. The predicted octanol–water partition coefficient (Wildman–Crippen LogP) is 2.42. The van der Waals surface area contributed by atoms with Gasteiger partial charge in [-0.15, -0.1) is 0 Å². The number of benzene rings is 1. The summed E-state index contributed by atoms with van der Waals surface area (Å²) in [5.74, 6) is -0.674. The minimum Gasteiger partial charge on any atom is -0.394 e. The van der Waals surface area contributed by atoms with E-state index in [2.05, 4.69) is 15.1 Å². The Morgan fingerprint density at radius 2 is 2.03 bits per heavy atom. The monoisotopic (exact) mass is 541 g/mol. The number of hydrogen-bond donors (Lipinski definition) is 2. The zero-order chi connectivity index (χ0) is 26.2. The molecule has 190 valence electrons. The third-order valence-electron chi connectivity index (χ3n) is 5.30. The number of pyridine rings is 1. The second kappa shape index (κ2) is 10.1. The van der Waals surface area contributed by atoms with Crippen LogP contribution in [-0.4, -0.2) is 71.5 Å². The van der Waals surface area contributed by atoms with Gasteiger partial charge >= 0.3 is 6.18 Å². The standard InChI is InChI=1S/C22H19ClF3N5O4S/c1-30(9-15(33)11-32)21-29-20(34)19(36(21)35)5-12-2-3-18-13(4-12)7-28-31(18)10-17-16(23)6-14(8-27-17)22(24,25)26/h2-8,15,32-33H,9-11H2,1H3. The van der Waals surface area contributed by atoms with Crippen molar-refractivity contribution in [2.24, 2.45) is 4.99 Å². The number of amides is 1. The molecule has 3 aromatic rings. The highest BCUT2D eigenvalue weighted by molar-refractivity contribution is 8.05. The number of aliphatic hydroxyl groups is 2. The van der Waals surface area contributed by atoms with Crippen LogP contribution in [0.25, 0.3) is 17.0 Å². The van der Waals surface area contributed by atoms with Gasteiger partial charge in [0.25, 0.3) is 5.91 Å². The number of aromatic nitrogens is 3. The van der Waals surface area contributed by atoms with Gasteiger partial charge in [-0.25, -0.2) is 4.21 Å². The molecule has 1 aliphatic rings. The van der Waals surface area contributed by atoms with E-state index < -0.39 is 41.2 Å². The van der Waals surface area contributed by atoms with Crippen molar-refractivity contribution >= 4 is 50.5 Å². The molecule has 2 N–H and O–H groups in total. The van der Waals surface area contributed by atoms with E-state index in [0.717, 1.165) is 6.07 Å². The molecule has 1 aromatic carbocycles. The lowest BCUT2D eigenvalue weighted by Gasteiger charge is -2.19. The summed E-state index contributed by atoms with van der Waals surface area (Å²) < 4.78 is 52.9. The first kappa shape index (κ1) is 25.9. The molecule has 0 saturated carbocycles. The maximum Gasteiger partial charge on any atom is 0.417 e. The average Bonchev–Trinajstić information content (AvgIpc) is 3.34. The minimum absolute atomic E-state index is 0.0198. The summed E-state index contributed by atoms with van der Waals surface area (Å²) in [7, 11) is -0.369. The van der Waals surface area contributed by atoms with E-state index in [1.807, 2.05) is 0 Å². The zero-order valence-electron chi connectivity index (χ0n) is 18.6.